The highest BCUT2D eigenvalue weighted by Gasteiger charge is 2.12. The molecule has 0 aromatic carbocycles. The lowest BCUT2D eigenvalue weighted by Gasteiger charge is -2.19. The number of nitrogens with two attached hydrogens (primary N) is 1. The quantitative estimate of drug-likeness (QED) is 0.777. The van der Waals surface area contributed by atoms with Crippen LogP contribution in [0.4, 0.5) is 5.82 Å². The van der Waals surface area contributed by atoms with Gasteiger partial charge in [-0.3, -0.25) is 4.79 Å². The summed E-state index contributed by atoms with van der Waals surface area (Å²) in [6.45, 7) is 7.34. The molecule has 0 fully saturated rings. The number of aryl methyl sites for hydroxylation is 1. The lowest BCUT2D eigenvalue weighted by molar-refractivity contribution is 0.519. The van der Waals surface area contributed by atoms with E-state index in [1.807, 2.05) is 6.92 Å². The molecule has 1 heterocycles. The fourth-order valence-electron chi connectivity index (χ4n) is 1.77. The van der Waals surface area contributed by atoms with Crippen LogP contribution in [0.15, 0.2) is 17.2 Å². The summed E-state index contributed by atoms with van der Waals surface area (Å²) in [6.07, 6.45) is 4.25. The van der Waals surface area contributed by atoms with E-state index < -0.39 is 0 Å². The summed E-state index contributed by atoms with van der Waals surface area (Å²) < 4.78 is 1.62. The first-order chi connectivity index (χ1) is 8.08. The van der Waals surface area contributed by atoms with Crippen molar-refractivity contribution in [1.29, 1.82) is 0 Å². The van der Waals surface area contributed by atoms with E-state index in [1.54, 1.807) is 17.0 Å². The molecule has 0 amide bonds. The van der Waals surface area contributed by atoms with Gasteiger partial charge in [0.1, 0.15) is 0 Å². The van der Waals surface area contributed by atoms with Gasteiger partial charge in [-0.2, -0.15) is 0 Å². The SMILES string of the molecule is CCn1ccnc(NC(CN)CC(C)C)c1=O. The van der Waals surface area contributed by atoms with E-state index in [0.717, 1.165) is 6.42 Å². The van der Waals surface area contributed by atoms with Crippen LogP contribution in [0.3, 0.4) is 0 Å². The van der Waals surface area contributed by atoms with E-state index in [-0.39, 0.29) is 11.6 Å². The molecule has 1 rings (SSSR count). The molecule has 1 atom stereocenters. The number of anilines is 1. The van der Waals surface area contributed by atoms with Crippen LogP contribution in [0.2, 0.25) is 0 Å². The highest BCUT2D eigenvalue weighted by atomic mass is 16.1. The molecule has 3 N–H and O–H groups in total. The summed E-state index contributed by atoms with van der Waals surface area (Å²) in [6, 6.07) is 0.0999. The van der Waals surface area contributed by atoms with Crippen LogP contribution in [0.25, 0.3) is 0 Å². The Kier molecular flexibility index (Phi) is 5.15. The number of aromatic nitrogens is 2. The van der Waals surface area contributed by atoms with E-state index in [2.05, 4.69) is 24.1 Å². The second kappa shape index (κ2) is 6.39. The Morgan fingerprint density at radius 3 is 2.76 bits per heavy atom. The maximum Gasteiger partial charge on any atom is 0.293 e. The van der Waals surface area contributed by atoms with Crippen molar-refractivity contribution in [2.45, 2.75) is 39.8 Å². The first kappa shape index (κ1) is 13.7. The van der Waals surface area contributed by atoms with Gasteiger partial charge in [-0.15, -0.1) is 0 Å². The zero-order valence-corrected chi connectivity index (χ0v) is 10.8. The van der Waals surface area contributed by atoms with E-state index >= 15 is 0 Å². The third kappa shape index (κ3) is 3.85. The van der Waals surface area contributed by atoms with Crippen LogP contribution < -0.4 is 16.6 Å². The summed E-state index contributed by atoms with van der Waals surface area (Å²) >= 11 is 0. The largest absolute Gasteiger partial charge is 0.361 e. The Morgan fingerprint density at radius 2 is 2.24 bits per heavy atom. The molecule has 1 unspecified atom stereocenters. The van der Waals surface area contributed by atoms with E-state index in [9.17, 15) is 4.79 Å². The molecular formula is C12H22N4O. The number of rotatable bonds is 6. The molecule has 5 heteroatoms. The summed E-state index contributed by atoms with van der Waals surface area (Å²) in [5, 5.41) is 3.13. The van der Waals surface area contributed by atoms with Crippen LogP contribution in [0, 0.1) is 5.92 Å². The van der Waals surface area contributed by atoms with Gasteiger partial charge in [0.05, 0.1) is 0 Å². The minimum Gasteiger partial charge on any atom is -0.361 e. The average molecular weight is 238 g/mol. The molecule has 17 heavy (non-hydrogen) atoms. The average Bonchev–Trinajstić information content (AvgIpc) is 2.30. The number of nitrogens with one attached hydrogen (secondary N) is 1. The van der Waals surface area contributed by atoms with Gasteiger partial charge in [0.2, 0.25) is 0 Å². The first-order valence-electron chi connectivity index (χ1n) is 6.10. The van der Waals surface area contributed by atoms with Crippen molar-refractivity contribution in [2.75, 3.05) is 11.9 Å². The number of hydrogen-bond acceptors (Lipinski definition) is 4. The summed E-state index contributed by atoms with van der Waals surface area (Å²) in [7, 11) is 0. The Labute approximate surface area is 102 Å². The predicted octanol–water partition coefficient (Wildman–Crippen LogP) is 1.05. The van der Waals surface area contributed by atoms with Gasteiger partial charge in [0.15, 0.2) is 5.82 Å². The highest BCUT2D eigenvalue weighted by Crippen LogP contribution is 2.07. The lowest BCUT2D eigenvalue weighted by Crippen LogP contribution is -2.34. The fraction of sp³-hybridized carbons (Fsp3) is 0.667. The molecule has 0 aliphatic heterocycles. The van der Waals surface area contributed by atoms with Crippen LogP contribution >= 0.6 is 0 Å². The fourth-order valence-corrected chi connectivity index (χ4v) is 1.77. The van der Waals surface area contributed by atoms with Crippen molar-refractivity contribution in [2.24, 2.45) is 11.7 Å². The van der Waals surface area contributed by atoms with Crippen LogP contribution in [0.1, 0.15) is 27.2 Å². The lowest BCUT2D eigenvalue weighted by atomic mass is 10.0. The minimum absolute atomic E-state index is 0.0859. The van der Waals surface area contributed by atoms with Crippen LogP contribution in [-0.4, -0.2) is 22.1 Å². The second-order valence-corrected chi connectivity index (χ2v) is 4.57. The topological polar surface area (TPSA) is 72.9 Å². The van der Waals surface area contributed by atoms with E-state index in [4.69, 9.17) is 5.73 Å². The minimum atomic E-state index is -0.0859. The molecule has 0 radical (unpaired) electrons. The molecular weight excluding hydrogens is 216 g/mol. The summed E-state index contributed by atoms with van der Waals surface area (Å²) in [5.41, 5.74) is 5.60. The summed E-state index contributed by atoms with van der Waals surface area (Å²) in [4.78, 5) is 16.0. The maximum absolute atomic E-state index is 11.9. The normalized spacial score (nSPS) is 12.8. The van der Waals surface area contributed by atoms with Gasteiger partial charge >= 0.3 is 0 Å². The van der Waals surface area contributed by atoms with Crippen molar-refractivity contribution >= 4 is 5.82 Å². The molecule has 5 nitrogen and oxygen atoms in total. The molecule has 0 aliphatic rings. The smallest absolute Gasteiger partial charge is 0.293 e. The Bertz CT molecular complexity index is 400. The van der Waals surface area contributed by atoms with Crippen LogP contribution in [0.5, 0.6) is 0 Å². The van der Waals surface area contributed by atoms with Crippen molar-refractivity contribution in [1.82, 2.24) is 9.55 Å². The second-order valence-electron chi connectivity index (χ2n) is 4.57. The maximum atomic E-state index is 11.9. The number of nitrogens with zero attached hydrogens (tertiary/aromatic N) is 2. The standard InChI is InChI=1S/C12H22N4O/c1-4-16-6-5-14-11(12(16)17)15-10(8-13)7-9(2)3/h5-6,9-10H,4,7-8,13H2,1-3H3,(H,14,15). The molecule has 1 aromatic rings. The van der Waals surface area contributed by atoms with Gasteiger partial charge in [-0.1, -0.05) is 13.8 Å². The van der Waals surface area contributed by atoms with Crippen molar-refractivity contribution in [3.05, 3.63) is 22.7 Å². The third-order valence-electron chi connectivity index (χ3n) is 2.64. The van der Waals surface area contributed by atoms with Crippen molar-refractivity contribution in [3.63, 3.8) is 0 Å². The Balaban J connectivity index is 2.83. The molecule has 0 saturated heterocycles. The highest BCUT2D eigenvalue weighted by molar-refractivity contribution is 5.32. The molecule has 1 aromatic heterocycles. The van der Waals surface area contributed by atoms with Gasteiger partial charge in [0.25, 0.3) is 5.56 Å². The Morgan fingerprint density at radius 1 is 1.53 bits per heavy atom. The predicted molar refractivity (Wildman–Crippen MR) is 70.1 cm³/mol. The molecule has 0 saturated carbocycles. The van der Waals surface area contributed by atoms with Crippen molar-refractivity contribution in [3.8, 4) is 0 Å². The third-order valence-corrected chi connectivity index (χ3v) is 2.64. The zero-order chi connectivity index (χ0) is 12.8. The zero-order valence-electron chi connectivity index (χ0n) is 10.8. The van der Waals surface area contributed by atoms with Gasteiger partial charge in [-0.05, 0) is 19.3 Å². The molecule has 0 bridgehead atoms. The van der Waals surface area contributed by atoms with E-state index in [0.29, 0.717) is 24.8 Å². The van der Waals surface area contributed by atoms with Gasteiger partial charge < -0.3 is 15.6 Å². The molecule has 0 spiro atoms. The van der Waals surface area contributed by atoms with Gasteiger partial charge in [0, 0.05) is 31.5 Å². The monoisotopic (exact) mass is 238 g/mol. The molecule has 96 valence electrons. The van der Waals surface area contributed by atoms with Crippen LogP contribution in [-0.2, 0) is 6.54 Å². The number of hydrogen-bond donors (Lipinski definition) is 2. The van der Waals surface area contributed by atoms with Crippen molar-refractivity contribution < 1.29 is 0 Å². The Hall–Kier alpha value is -1.36. The van der Waals surface area contributed by atoms with E-state index in [1.165, 1.54) is 0 Å². The van der Waals surface area contributed by atoms with Gasteiger partial charge in [-0.25, -0.2) is 4.98 Å². The molecule has 0 aliphatic carbocycles. The first-order valence-corrected chi connectivity index (χ1v) is 6.10. The summed E-state index contributed by atoms with van der Waals surface area (Å²) in [5.74, 6) is 0.929.